The Kier molecular flexibility index (Phi) is 7.82. The lowest BCUT2D eigenvalue weighted by atomic mass is 9.88. The Balaban J connectivity index is 2.09. The zero-order chi connectivity index (χ0) is 21.8. The van der Waals surface area contributed by atoms with Crippen molar-refractivity contribution in [1.82, 2.24) is 10.2 Å². The number of anilines is 1. The van der Waals surface area contributed by atoms with Crippen LogP contribution in [0, 0.1) is 5.92 Å². The number of carbonyl (C=O) groups is 3. The van der Waals surface area contributed by atoms with E-state index in [1.807, 2.05) is 27.7 Å². The molecule has 0 aromatic carbocycles. The second-order valence-electron chi connectivity index (χ2n) is 8.70. The van der Waals surface area contributed by atoms with E-state index in [2.05, 4.69) is 17.6 Å². The number of ether oxygens (including phenoxy) is 1. The summed E-state index contributed by atoms with van der Waals surface area (Å²) in [6.45, 7) is 10.6. The molecule has 1 heterocycles. The van der Waals surface area contributed by atoms with Crippen LogP contribution in [0.3, 0.4) is 0 Å². The monoisotopic (exact) mass is 423 g/mol. The molecule has 0 spiro atoms. The number of methoxy groups -OCH3 is 1. The number of hydrogen-bond acceptors (Lipinski definition) is 6. The normalized spacial score (nSPS) is 16.3. The Labute approximate surface area is 177 Å². The number of rotatable bonds is 7. The molecular formula is C21H33N3O4S. The topological polar surface area (TPSA) is 87.7 Å². The predicted octanol–water partition coefficient (Wildman–Crippen LogP) is 2.83. The number of nitrogens with zero attached hydrogens (tertiary/aromatic N) is 1. The highest BCUT2D eigenvalue weighted by atomic mass is 32.1. The molecule has 0 fully saturated rings. The Morgan fingerprint density at radius 3 is 2.45 bits per heavy atom. The van der Waals surface area contributed by atoms with Gasteiger partial charge in [-0.25, -0.2) is 4.79 Å². The van der Waals surface area contributed by atoms with E-state index in [-0.39, 0.29) is 30.4 Å². The predicted molar refractivity (Wildman–Crippen MR) is 115 cm³/mol. The summed E-state index contributed by atoms with van der Waals surface area (Å²) in [4.78, 5) is 40.1. The first kappa shape index (κ1) is 23.3. The maximum Gasteiger partial charge on any atom is 0.341 e. The van der Waals surface area contributed by atoms with E-state index in [0.717, 1.165) is 29.7 Å². The average molecular weight is 424 g/mol. The smallest absolute Gasteiger partial charge is 0.341 e. The van der Waals surface area contributed by atoms with Gasteiger partial charge in [0.05, 0.1) is 25.8 Å². The van der Waals surface area contributed by atoms with E-state index >= 15 is 0 Å². The van der Waals surface area contributed by atoms with Crippen LogP contribution in [-0.4, -0.2) is 55.0 Å². The third-order valence-electron chi connectivity index (χ3n) is 4.85. The SMILES string of the molecule is CCN(CC(=O)Nc1sc2c(c1C(=O)OC)CC[C@@H](C)C2)CC(=O)NC(C)(C)C. The van der Waals surface area contributed by atoms with Gasteiger partial charge in [-0.15, -0.1) is 11.3 Å². The molecule has 0 bridgehead atoms. The summed E-state index contributed by atoms with van der Waals surface area (Å²) in [5, 5.41) is 6.35. The van der Waals surface area contributed by atoms with Crippen LogP contribution in [0.4, 0.5) is 5.00 Å². The molecule has 1 aromatic rings. The zero-order valence-electron chi connectivity index (χ0n) is 18.3. The van der Waals surface area contributed by atoms with E-state index < -0.39 is 5.97 Å². The van der Waals surface area contributed by atoms with Gasteiger partial charge in [0, 0.05) is 10.4 Å². The lowest BCUT2D eigenvalue weighted by Crippen LogP contribution is -2.47. The molecule has 0 saturated heterocycles. The van der Waals surface area contributed by atoms with Gasteiger partial charge in [-0.2, -0.15) is 0 Å². The largest absolute Gasteiger partial charge is 0.465 e. The average Bonchev–Trinajstić information content (AvgIpc) is 2.95. The molecule has 0 unspecified atom stereocenters. The summed E-state index contributed by atoms with van der Waals surface area (Å²) in [6.07, 6.45) is 2.75. The van der Waals surface area contributed by atoms with Crippen molar-refractivity contribution < 1.29 is 19.1 Å². The Morgan fingerprint density at radius 2 is 1.86 bits per heavy atom. The minimum absolute atomic E-state index is 0.0770. The van der Waals surface area contributed by atoms with Crippen LogP contribution in [0.15, 0.2) is 0 Å². The number of nitrogens with one attached hydrogen (secondary N) is 2. The highest BCUT2D eigenvalue weighted by Crippen LogP contribution is 2.40. The molecule has 7 nitrogen and oxygen atoms in total. The number of hydrogen-bond donors (Lipinski definition) is 2. The summed E-state index contributed by atoms with van der Waals surface area (Å²) in [7, 11) is 1.36. The number of carbonyl (C=O) groups excluding carboxylic acids is 3. The number of thiophene rings is 1. The fraction of sp³-hybridized carbons (Fsp3) is 0.667. The van der Waals surface area contributed by atoms with Crippen LogP contribution in [0.5, 0.6) is 0 Å². The molecule has 0 saturated carbocycles. The van der Waals surface area contributed by atoms with E-state index in [1.165, 1.54) is 18.4 Å². The van der Waals surface area contributed by atoms with Crippen LogP contribution in [0.1, 0.15) is 61.8 Å². The quantitative estimate of drug-likeness (QED) is 0.659. The zero-order valence-corrected chi connectivity index (χ0v) is 19.1. The molecule has 2 N–H and O–H groups in total. The van der Waals surface area contributed by atoms with Crippen molar-refractivity contribution >= 4 is 34.1 Å². The lowest BCUT2D eigenvalue weighted by molar-refractivity contribution is -0.124. The summed E-state index contributed by atoms with van der Waals surface area (Å²) in [6, 6.07) is 0. The third kappa shape index (κ3) is 6.54. The fourth-order valence-corrected chi connectivity index (χ4v) is 4.88. The molecule has 0 radical (unpaired) electrons. The molecule has 1 atom stereocenters. The van der Waals surface area contributed by atoms with Crippen molar-refractivity contribution in [2.45, 2.75) is 59.4 Å². The van der Waals surface area contributed by atoms with Crippen molar-refractivity contribution in [1.29, 1.82) is 0 Å². The minimum Gasteiger partial charge on any atom is -0.465 e. The molecule has 0 aliphatic heterocycles. The van der Waals surface area contributed by atoms with E-state index in [0.29, 0.717) is 23.0 Å². The Morgan fingerprint density at radius 1 is 1.21 bits per heavy atom. The Bertz CT molecular complexity index is 767. The minimum atomic E-state index is -0.413. The van der Waals surface area contributed by atoms with Crippen molar-refractivity contribution in [3.63, 3.8) is 0 Å². The van der Waals surface area contributed by atoms with Gasteiger partial charge in [0.1, 0.15) is 5.00 Å². The van der Waals surface area contributed by atoms with Crippen LogP contribution in [0.25, 0.3) is 0 Å². The van der Waals surface area contributed by atoms with Gasteiger partial charge >= 0.3 is 5.97 Å². The first-order valence-electron chi connectivity index (χ1n) is 10.1. The van der Waals surface area contributed by atoms with Gasteiger partial charge in [0.15, 0.2) is 0 Å². The lowest BCUT2D eigenvalue weighted by Gasteiger charge is -2.24. The number of amides is 2. The molecular weight excluding hydrogens is 390 g/mol. The number of esters is 1. The molecule has 2 rings (SSSR count). The third-order valence-corrected chi connectivity index (χ3v) is 6.02. The van der Waals surface area contributed by atoms with Crippen LogP contribution < -0.4 is 10.6 Å². The van der Waals surface area contributed by atoms with Crippen LogP contribution >= 0.6 is 11.3 Å². The summed E-state index contributed by atoms with van der Waals surface area (Å²) in [5.41, 5.74) is 1.18. The van der Waals surface area contributed by atoms with Crippen LogP contribution in [-0.2, 0) is 27.2 Å². The second kappa shape index (κ2) is 9.71. The summed E-state index contributed by atoms with van der Waals surface area (Å²) >= 11 is 1.46. The van der Waals surface area contributed by atoms with E-state index in [9.17, 15) is 14.4 Å². The number of fused-ring (bicyclic) bond motifs is 1. The molecule has 29 heavy (non-hydrogen) atoms. The first-order chi connectivity index (χ1) is 13.5. The summed E-state index contributed by atoms with van der Waals surface area (Å²) in [5.74, 6) is -0.216. The Hall–Kier alpha value is -1.93. The number of likely N-dealkylation sites (N-methyl/N-ethyl adjacent to an activating group) is 1. The standard InChI is InChI=1S/C21H33N3O4S/c1-7-24(12-17(26)23-21(3,4)5)11-16(25)22-19-18(20(27)28-6)14-9-8-13(2)10-15(14)29-19/h13H,7-12H2,1-6H3,(H,22,25)(H,23,26)/t13-/m1/s1. The van der Waals surface area contributed by atoms with Gasteiger partial charge in [-0.3, -0.25) is 14.5 Å². The van der Waals surface area contributed by atoms with Crippen LogP contribution in [0.2, 0.25) is 0 Å². The molecule has 162 valence electrons. The highest BCUT2D eigenvalue weighted by molar-refractivity contribution is 7.17. The van der Waals surface area contributed by atoms with Gasteiger partial charge < -0.3 is 15.4 Å². The van der Waals surface area contributed by atoms with Crippen molar-refractivity contribution in [3.05, 3.63) is 16.0 Å². The molecule has 8 heteroatoms. The molecule has 1 aromatic heterocycles. The first-order valence-corrected chi connectivity index (χ1v) is 10.9. The molecule has 1 aliphatic carbocycles. The fourth-order valence-electron chi connectivity index (χ4n) is 3.47. The van der Waals surface area contributed by atoms with E-state index in [4.69, 9.17) is 4.74 Å². The maximum atomic E-state index is 12.7. The summed E-state index contributed by atoms with van der Waals surface area (Å²) < 4.78 is 4.96. The maximum absolute atomic E-state index is 12.7. The molecule has 2 amide bonds. The van der Waals surface area contributed by atoms with Crippen molar-refractivity contribution in [2.24, 2.45) is 5.92 Å². The second-order valence-corrected chi connectivity index (χ2v) is 9.80. The highest BCUT2D eigenvalue weighted by Gasteiger charge is 2.29. The van der Waals surface area contributed by atoms with Gasteiger partial charge in [0.2, 0.25) is 11.8 Å². The van der Waals surface area contributed by atoms with Crippen molar-refractivity contribution in [2.75, 3.05) is 32.1 Å². The van der Waals surface area contributed by atoms with E-state index in [1.54, 1.807) is 4.90 Å². The molecule has 1 aliphatic rings. The van der Waals surface area contributed by atoms with Gasteiger partial charge in [0.25, 0.3) is 0 Å². The van der Waals surface area contributed by atoms with Gasteiger partial charge in [-0.1, -0.05) is 13.8 Å². The van der Waals surface area contributed by atoms with Crippen molar-refractivity contribution in [3.8, 4) is 0 Å². The van der Waals surface area contributed by atoms with Gasteiger partial charge in [-0.05, 0) is 58.1 Å².